The first kappa shape index (κ1) is 58.0. The van der Waals surface area contributed by atoms with Gasteiger partial charge in [0.1, 0.15) is 13.2 Å². The average Bonchev–Trinajstić information content (AvgIpc) is 3.19. The molecule has 0 aliphatic heterocycles. The number of carbonyl (C=O) groups excluding carboxylic acids is 1. The second kappa shape index (κ2) is 42.3. The molecule has 350 valence electrons. The Morgan fingerprint density at radius 2 is 0.915 bits per heavy atom. The molecule has 0 aromatic rings. The van der Waals surface area contributed by atoms with Gasteiger partial charge in [-0.15, -0.1) is 0 Å². The van der Waals surface area contributed by atoms with E-state index in [4.69, 9.17) is 9.05 Å². The number of nitrogens with one attached hydrogen (secondary N) is 1. The van der Waals surface area contributed by atoms with Crippen LogP contribution in [0.15, 0.2) is 24.3 Å². The normalized spacial score (nSPS) is 14.4. The van der Waals surface area contributed by atoms with Crippen molar-refractivity contribution in [2.75, 3.05) is 40.9 Å². The molecule has 0 saturated carbocycles. The van der Waals surface area contributed by atoms with Crippen molar-refractivity contribution in [1.82, 2.24) is 5.32 Å². The zero-order valence-corrected chi connectivity index (χ0v) is 40.7. The number of likely N-dealkylation sites (N-methyl/N-ethyl adjacent to an activating group) is 1. The lowest BCUT2D eigenvalue weighted by molar-refractivity contribution is -0.870. The molecular formula is C50H100N2O6P+. The zero-order chi connectivity index (χ0) is 43.6. The van der Waals surface area contributed by atoms with Crippen LogP contribution in [0.25, 0.3) is 0 Å². The molecule has 0 aliphatic rings. The maximum atomic E-state index is 12.9. The predicted molar refractivity (Wildman–Crippen MR) is 254 cm³/mol. The Labute approximate surface area is 366 Å². The van der Waals surface area contributed by atoms with Crippen LogP contribution in [0, 0.1) is 0 Å². The number of hydrogen-bond donors (Lipinski definition) is 3. The van der Waals surface area contributed by atoms with Gasteiger partial charge in [0, 0.05) is 6.42 Å². The van der Waals surface area contributed by atoms with E-state index in [9.17, 15) is 19.4 Å². The number of aliphatic hydroxyl groups is 1. The molecule has 3 atom stereocenters. The number of rotatable bonds is 46. The van der Waals surface area contributed by atoms with Crippen LogP contribution in [-0.2, 0) is 18.4 Å². The second-order valence-corrected chi connectivity index (χ2v) is 20.0. The molecule has 1 amide bonds. The van der Waals surface area contributed by atoms with E-state index < -0.39 is 20.0 Å². The highest BCUT2D eigenvalue weighted by atomic mass is 31.2. The van der Waals surface area contributed by atoms with Crippen LogP contribution in [0.2, 0.25) is 0 Å². The van der Waals surface area contributed by atoms with Gasteiger partial charge in [-0.05, 0) is 44.9 Å². The number of phosphoric ester groups is 1. The molecule has 0 heterocycles. The summed E-state index contributed by atoms with van der Waals surface area (Å²) < 4.78 is 23.5. The van der Waals surface area contributed by atoms with E-state index in [1.807, 2.05) is 27.2 Å². The summed E-state index contributed by atoms with van der Waals surface area (Å²) in [6.07, 6.45) is 51.5. The topological polar surface area (TPSA) is 105 Å². The minimum Gasteiger partial charge on any atom is -0.387 e. The van der Waals surface area contributed by atoms with Crippen LogP contribution < -0.4 is 5.32 Å². The van der Waals surface area contributed by atoms with Crippen LogP contribution in [0.4, 0.5) is 0 Å². The highest BCUT2D eigenvalue weighted by molar-refractivity contribution is 7.47. The number of allylic oxidation sites excluding steroid dienone is 3. The van der Waals surface area contributed by atoms with Gasteiger partial charge >= 0.3 is 7.82 Å². The molecule has 0 saturated heterocycles. The lowest BCUT2D eigenvalue weighted by Gasteiger charge is -2.25. The third-order valence-corrected chi connectivity index (χ3v) is 12.4. The number of aliphatic hydroxyl groups excluding tert-OH is 1. The molecule has 0 radical (unpaired) electrons. The van der Waals surface area contributed by atoms with Crippen molar-refractivity contribution in [2.24, 2.45) is 0 Å². The molecule has 0 aromatic carbocycles. The van der Waals surface area contributed by atoms with Crippen molar-refractivity contribution in [3.63, 3.8) is 0 Å². The summed E-state index contributed by atoms with van der Waals surface area (Å²) in [5, 5.41) is 13.8. The van der Waals surface area contributed by atoms with Crippen LogP contribution in [-0.4, -0.2) is 73.4 Å². The van der Waals surface area contributed by atoms with Crippen molar-refractivity contribution in [1.29, 1.82) is 0 Å². The van der Waals surface area contributed by atoms with Crippen molar-refractivity contribution in [3.8, 4) is 0 Å². The number of unbranched alkanes of at least 4 members (excludes halogenated alkanes) is 31. The number of nitrogens with zero attached hydrogens (tertiary/aromatic N) is 1. The maximum absolute atomic E-state index is 12.9. The Morgan fingerprint density at radius 1 is 0.559 bits per heavy atom. The summed E-state index contributed by atoms with van der Waals surface area (Å²) in [6.45, 7) is 4.78. The van der Waals surface area contributed by atoms with Gasteiger partial charge in [-0.3, -0.25) is 13.8 Å². The number of phosphoric acid groups is 1. The Bertz CT molecular complexity index is 1020. The van der Waals surface area contributed by atoms with Gasteiger partial charge in [0.25, 0.3) is 0 Å². The molecular weight excluding hydrogens is 756 g/mol. The van der Waals surface area contributed by atoms with E-state index >= 15 is 0 Å². The fraction of sp³-hybridized carbons (Fsp3) is 0.900. The predicted octanol–water partition coefficient (Wildman–Crippen LogP) is 14.5. The summed E-state index contributed by atoms with van der Waals surface area (Å²) in [7, 11) is 1.58. The summed E-state index contributed by atoms with van der Waals surface area (Å²) in [6, 6.07) is -0.840. The first-order valence-electron chi connectivity index (χ1n) is 25.2. The molecule has 0 fully saturated rings. The minimum atomic E-state index is -4.33. The molecule has 59 heavy (non-hydrogen) atoms. The average molecular weight is 856 g/mol. The molecule has 3 unspecified atom stereocenters. The second-order valence-electron chi connectivity index (χ2n) is 18.5. The van der Waals surface area contributed by atoms with Crippen LogP contribution >= 0.6 is 7.82 Å². The van der Waals surface area contributed by atoms with E-state index in [1.54, 1.807) is 6.08 Å². The van der Waals surface area contributed by atoms with Gasteiger partial charge in [0.2, 0.25) is 5.91 Å². The molecule has 0 rings (SSSR count). The SMILES string of the molecule is CCCCCCCC/C=C/C(O)C(COP(=O)(O)OCC[N+](C)(C)C)NC(=O)CCCCCCCCCCCCCCCCCCC/C=C\CCCCCCCCCC. The van der Waals surface area contributed by atoms with Gasteiger partial charge in [0.15, 0.2) is 0 Å². The van der Waals surface area contributed by atoms with E-state index in [0.717, 1.165) is 38.5 Å². The molecule has 0 aliphatic carbocycles. The number of carbonyl (C=O) groups is 1. The first-order valence-corrected chi connectivity index (χ1v) is 26.7. The monoisotopic (exact) mass is 856 g/mol. The number of amides is 1. The summed E-state index contributed by atoms with van der Waals surface area (Å²) in [4.78, 5) is 23.1. The third-order valence-electron chi connectivity index (χ3n) is 11.4. The van der Waals surface area contributed by atoms with Gasteiger partial charge in [-0.25, -0.2) is 4.57 Å². The summed E-state index contributed by atoms with van der Waals surface area (Å²) >= 11 is 0. The van der Waals surface area contributed by atoms with E-state index in [1.165, 1.54) is 180 Å². The highest BCUT2D eigenvalue weighted by Crippen LogP contribution is 2.43. The fourth-order valence-electron chi connectivity index (χ4n) is 7.39. The van der Waals surface area contributed by atoms with Gasteiger partial charge in [0.05, 0.1) is 39.9 Å². The molecule has 8 nitrogen and oxygen atoms in total. The van der Waals surface area contributed by atoms with Crippen molar-refractivity contribution in [2.45, 2.75) is 251 Å². The quantitative estimate of drug-likeness (QED) is 0.0244. The Balaban J connectivity index is 3.97. The van der Waals surface area contributed by atoms with Gasteiger partial charge < -0.3 is 19.8 Å². The standard InChI is InChI=1S/C50H99N2O6P/c1-6-8-10-12-14-16-17-18-19-20-21-22-23-24-25-26-27-28-29-30-31-32-33-34-35-36-38-40-42-44-50(54)51-48(47-58-59(55,56)57-46-45-52(3,4)5)49(53)43-41-39-37-15-13-11-9-7-2/h20-21,41,43,48-49,53H,6-19,22-40,42,44-47H2,1-5H3,(H-,51,54,55,56)/p+1/b21-20-,43-41+. The van der Waals surface area contributed by atoms with Crippen LogP contribution in [0.1, 0.15) is 239 Å². The Kier molecular flexibility index (Phi) is 41.6. The van der Waals surface area contributed by atoms with Crippen molar-refractivity contribution >= 4 is 13.7 Å². The van der Waals surface area contributed by atoms with Crippen molar-refractivity contribution < 1.29 is 32.9 Å². The molecule has 9 heteroatoms. The number of hydrogen-bond acceptors (Lipinski definition) is 5. The lowest BCUT2D eigenvalue weighted by Crippen LogP contribution is -2.45. The van der Waals surface area contributed by atoms with Gasteiger partial charge in [-0.2, -0.15) is 0 Å². The van der Waals surface area contributed by atoms with Crippen LogP contribution in [0.3, 0.4) is 0 Å². The smallest absolute Gasteiger partial charge is 0.387 e. The minimum absolute atomic E-state index is 0.0629. The molecule has 3 N–H and O–H groups in total. The van der Waals surface area contributed by atoms with Crippen LogP contribution in [0.5, 0.6) is 0 Å². The van der Waals surface area contributed by atoms with Crippen molar-refractivity contribution in [3.05, 3.63) is 24.3 Å². The molecule has 0 bridgehead atoms. The summed E-state index contributed by atoms with van der Waals surface area (Å²) in [5.74, 6) is -0.177. The number of quaternary nitrogens is 1. The lowest BCUT2D eigenvalue weighted by atomic mass is 10.0. The Hall–Kier alpha value is -1.02. The van der Waals surface area contributed by atoms with E-state index in [2.05, 4.69) is 31.3 Å². The molecule has 0 spiro atoms. The van der Waals surface area contributed by atoms with Gasteiger partial charge in [-0.1, -0.05) is 212 Å². The van der Waals surface area contributed by atoms with E-state index in [0.29, 0.717) is 17.4 Å². The summed E-state index contributed by atoms with van der Waals surface area (Å²) in [5.41, 5.74) is 0. The first-order chi connectivity index (χ1) is 28.5. The largest absolute Gasteiger partial charge is 0.472 e. The third kappa shape index (κ3) is 44.8. The zero-order valence-electron chi connectivity index (χ0n) is 39.8. The highest BCUT2D eigenvalue weighted by Gasteiger charge is 2.27. The molecule has 0 aromatic heterocycles. The fourth-order valence-corrected chi connectivity index (χ4v) is 8.13. The maximum Gasteiger partial charge on any atom is 0.472 e. The Morgan fingerprint density at radius 3 is 1.31 bits per heavy atom. The van der Waals surface area contributed by atoms with E-state index in [-0.39, 0.29) is 19.1 Å².